The molecule has 0 aromatic carbocycles. The number of hydrogen-bond acceptors (Lipinski definition) is 5. The molecule has 0 spiro atoms. The molecule has 8 bridgehead atoms. The molecule has 280 valence electrons. The van der Waals surface area contributed by atoms with Gasteiger partial charge in [-0.1, -0.05) is 92.1 Å². The third-order valence-electron chi connectivity index (χ3n) is 11.8. The van der Waals surface area contributed by atoms with Crippen LogP contribution in [0.5, 0.6) is 0 Å². The minimum absolute atomic E-state index is 0. The van der Waals surface area contributed by atoms with E-state index in [1.807, 2.05) is 19.1 Å². The Labute approximate surface area is 330 Å². The normalized spacial score (nSPS) is 28.2. The van der Waals surface area contributed by atoms with Gasteiger partial charge in [0.25, 0.3) is 0 Å². The number of carbonyl (C=O) groups excluding carboxylic acids is 2. The predicted octanol–water partition coefficient (Wildman–Crippen LogP) is 6.61. The van der Waals surface area contributed by atoms with Crippen molar-refractivity contribution in [3.63, 3.8) is 0 Å². The summed E-state index contributed by atoms with van der Waals surface area (Å²) in [5, 5.41) is 24.2. The summed E-state index contributed by atoms with van der Waals surface area (Å²) < 4.78 is 10.9. The molecule has 4 aliphatic rings. The van der Waals surface area contributed by atoms with E-state index in [1.54, 1.807) is 0 Å². The first-order valence-corrected chi connectivity index (χ1v) is 19.1. The Hall–Kier alpha value is -3.47. The quantitative estimate of drug-likeness (QED) is 0.157. The van der Waals surface area contributed by atoms with Gasteiger partial charge in [-0.25, -0.2) is 0 Å². The molecule has 1 N–H and O–H groups in total. The first-order chi connectivity index (χ1) is 24.9. The van der Waals surface area contributed by atoms with Crippen molar-refractivity contribution in [3.8, 4) is 0 Å². The third kappa shape index (κ3) is 7.61. The number of hydrogen-bond donors (Lipinski definition) is 1. The van der Waals surface area contributed by atoms with Gasteiger partial charge in [0.2, 0.25) is 0 Å². The smallest absolute Gasteiger partial charge is 0.678 e. The fraction of sp³-hybridized carbons (Fsp3) is 0.535. The number of aromatic nitrogens is 2. The first kappa shape index (κ1) is 40.7. The largest absolute Gasteiger partial charge is 2.00 e. The average Bonchev–Trinajstić information content (AvgIpc) is 3.86. The number of aliphatic hydroxyl groups is 1. The topological polar surface area (TPSA) is 129 Å². The van der Waals surface area contributed by atoms with Crippen molar-refractivity contribution < 1.29 is 24.2 Å². The Bertz CT molecular complexity index is 1990. The number of carbonyl (C=O) groups is 2. The van der Waals surface area contributed by atoms with Crippen LogP contribution in [0.1, 0.15) is 120 Å². The summed E-state index contributed by atoms with van der Waals surface area (Å²) in [6, 6.07) is -0.0573. The van der Waals surface area contributed by atoms with Crippen LogP contribution in [0.3, 0.4) is 0 Å². The van der Waals surface area contributed by atoms with E-state index in [-0.39, 0.29) is 65.8 Å². The number of nitrogens with zero attached hydrogens (tertiary/aromatic N) is 4. The maximum absolute atomic E-state index is 13.5. The average molecular weight is 731 g/mol. The number of allylic oxidation sites excluding steroid dienone is 4. The monoisotopic (exact) mass is 730 g/mol. The molecule has 1 aliphatic carbocycles. The molecule has 1 saturated heterocycles. The molecule has 6 rings (SSSR count). The molecule has 2 unspecified atom stereocenters. The number of ether oxygens (including phenoxy) is 2. The Morgan fingerprint density at radius 3 is 2.43 bits per heavy atom. The van der Waals surface area contributed by atoms with Crippen molar-refractivity contribution in [3.05, 3.63) is 95.4 Å². The van der Waals surface area contributed by atoms with E-state index in [9.17, 15) is 14.7 Å². The molecule has 2 aromatic rings. The molecule has 0 saturated carbocycles. The van der Waals surface area contributed by atoms with Gasteiger partial charge in [-0.15, -0.1) is 33.9 Å². The van der Waals surface area contributed by atoms with Gasteiger partial charge in [0.15, 0.2) is 0 Å². The van der Waals surface area contributed by atoms with E-state index in [1.165, 1.54) is 18.3 Å². The maximum Gasteiger partial charge on any atom is 2.00 e. The van der Waals surface area contributed by atoms with Gasteiger partial charge in [-0.3, -0.25) is 9.59 Å². The van der Waals surface area contributed by atoms with E-state index in [4.69, 9.17) is 30.1 Å². The second-order valence-electron chi connectivity index (χ2n) is 14.9. The summed E-state index contributed by atoms with van der Waals surface area (Å²) in [4.78, 5) is 36.9. The number of rotatable bonds is 11. The SMILES string of the molecule is CCCC/C(C)=C/COC(=O)CC[C@H]1/C2=C3/c4[n-]c(c(C)c4[C@@H](O)[C@H]3C(=O)OC)/C=c3\[n-]/c(c(C)c3CC)=C\C3[N-]C(=C(C)[C@@H]3CC)/C=C(\[N-]2)C1C.[Mg+2]. The zero-order valence-electron chi connectivity index (χ0n) is 33.0. The Balaban J connectivity index is 0.00000541. The minimum Gasteiger partial charge on any atom is -0.678 e. The van der Waals surface area contributed by atoms with E-state index < -0.39 is 18.0 Å². The van der Waals surface area contributed by atoms with Crippen LogP contribution in [-0.2, 0) is 25.5 Å². The predicted molar refractivity (Wildman–Crippen MR) is 210 cm³/mol. The Morgan fingerprint density at radius 1 is 1.00 bits per heavy atom. The van der Waals surface area contributed by atoms with Crippen molar-refractivity contribution in [2.24, 2.45) is 23.7 Å². The van der Waals surface area contributed by atoms with E-state index >= 15 is 0 Å². The minimum atomic E-state index is -1.16. The zero-order valence-corrected chi connectivity index (χ0v) is 34.4. The molecule has 6 atom stereocenters. The molecule has 1 fully saturated rings. The van der Waals surface area contributed by atoms with Crippen LogP contribution in [0.2, 0.25) is 0 Å². The van der Waals surface area contributed by atoms with Gasteiger partial charge >= 0.3 is 35.0 Å². The van der Waals surface area contributed by atoms with Crippen molar-refractivity contribution >= 4 is 52.7 Å². The van der Waals surface area contributed by atoms with Crippen LogP contribution < -0.4 is 20.7 Å². The van der Waals surface area contributed by atoms with Gasteiger partial charge in [0, 0.05) is 6.42 Å². The summed E-state index contributed by atoms with van der Waals surface area (Å²) in [6.45, 7) is 17.2. The Kier molecular flexibility index (Phi) is 13.0. The molecule has 53 heavy (non-hydrogen) atoms. The summed E-state index contributed by atoms with van der Waals surface area (Å²) in [5.41, 5.74) is 10.4. The second kappa shape index (κ2) is 16.9. The molecule has 0 amide bonds. The van der Waals surface area contributed by atoms with Crippen LogP contribution in [0.4, 0.5) is 0 Å². The molecule has 10 heteroatoms. The fourth-order valence-corrected chi connectivity index (χ4v) is 8.61. The second-order valence-corrected chi connectivity index (χ2v) is 14.9. The van der Waals surface area contributed by atoms with Crippen molar-refractivity contribution in [2.75, 3.05) is 13.7 Å². The third-order valence-corrected chi connectivity index (χ3v) is 11.8. The van der Waals surface area contributed by atoms with Crippen LogP contribution in [0.25, 0.3) is 28.4 Å². The molecule has 3 aliphatic heterocycles. The van der Waals surface area contributed by atoms with Gasteiger partial charge in [0.1, 0.15) is 12.5 Å². The fourth-order valence-electron chi connectivity index (χ4n) is 8.61. The summed E-state index contributed by atoms with van der Waals surface area (Å²) >= 11 is 0. The molecular formula is C43H54MgN4O5-2. The van der Waals surface area contributed by atoms with Crippen LogP contribution >= 0.6 is 0 Å². The standard InChI is InChI=1S/C43H54N4O5.Mg/c1-10-13-14-22(4)17-18-52-36(48)16-15-29-25(7)32-19-30-23(5)27(11-2)34(44-30)20-31-24(6)28(12-3)35(45-31)21-33-26(8)37-41(47-33)38(40(29)46-32)39(42(37)49)43(50)51-9;/h17,19-21,25,27,29,34,39,42,49H,10-16,18H2,1-9H3;/q-4;+2/b22-17+,31-20-,32-19-,35-21-,40-38-;/t25?,27-,29+,34?,39-,42+;/m0./s1. The van der Waals surface area contributed by atoms with Crippen molar-refractivity contribution in [1.82, 2.24) is 9.97 Å². The van der Waals surface area contributed by atoms with Gasteiger partial charge in [-0.05, 0) is 82.8 Å². The summed E-state index contributed by atoms with van der Waals surface area (Å²) in [7, 11) is 1.34. The van der Waals surface area contributed by atoms with Gasteiger partial charge in [0.05, 0.1) is 13.2 Å². The molecule has 9 nitrogen and oxygen atoms in total. The van der Waals surface area contributed by atoms with Crippen LogP contribution in [0.15, 0.2) is 40.4 Å². The van der Waals surface area contributed by atoms with E-state index in [0.717, 1.165) is 70.9 Å². The number of esters is 2. The van der Waals surface area contributed by atoms with E-state index in [2.05, 4.69) is 60.6 Å². The number of unbranched alkanes of at least 4 members (excludes halogenated alkanes) is 1. The van der Waals surface area contributed by atoms with Crippen LogP contribution in [-0.4, -0.2) is 59.9 Å². The summed E-state index contributed by atoms with van der Waals surface area (Å²) in [6.07, 6.45) is 12.7. The number of fused-ring (bicyclic) bond motifs is 7. The van der Waals surface area contributed by atoms with Crippen molar-refractivity contribution in [2.45, 2.75) is 112 Å². The number of methoxy groups -OCH3 is 1. The van der Waals surface area contributed by atoms with Gasteiger partial charge < -0.3 is 35.2 Å². The van der Waals surface area contributed by atoms with Crippen molar-refractivity contribution in [1.29, 1.82) is 0 Å². The first-order valence-electron chi connectivity index (χ1n) is 19.1. The van der Waals surface area contributed by atoms with E-state index in [0.29, 0.717) is 34.6 Å². The van der Waals surface area contributed by atoms with Crippen LogP contribution in [0, 0.1) is 37.5 Å². The Morgan fingerprint density at radius 2 is 1.75 bits per heavy atom. The molecular weight excluding hydrogens is 677 g/mol. The van der Waals surface area contributed by atoms with Gasteiger partial charge in [-0.2, -0.15) is 11.4 Å². The zero-order chi connectivity index (χ0) is 37.4. The maximum atomic E-state index is 13.5. The molecule has 2 aromatic heterocycles. The molecule has 0 radical (unpaired) electrons. The number of aliphatic hydroxyl groups excluding tert-OH is 1. The summed E-state index contributed by atoms with van der Waals surface area (Å²) in [5.74, 6) is -1.93. The molecule has 5 heterocycles.